The van der Waals surface area contributed by atoms with Crippen molar-refractivity contribution in [1.82, 2.24) is 19.4 Å². The summed E-state index contributed by atoms with van der Waals surface area (Å²) in [7, 11) is 4.04. The lowest BCUT2D eigenvalue weighted by Crippen LogP contribution is -2.33. The summed E-state index contributed by atoms with van der Waals surface area (Å²) in [5.41, 5.74) is 3.51. The van der Waals surface area contributed by atoms with E-state index in [-0.39, 0.29) is 5.56 Å². The van der Waals surface area contributed by atoms with Gasteiger partial charge in [0.15, 0.2) is 0 Å². The van der Waals surface area contributed by atoms with Crippen LogP contribution in [0.5, 0.6) is 0 Å². The molecule has 0 fully saturated rings. The van der Waals surface area contributed by atoms with E-state index < -0.39 is 0 Å². The number of nitrogens with zero attached hydrogens (tertiary/aromatic N) is 5. The van der Waals surface area contributed by atoms with E-state index in [0.717, 1.165) is 39.8 Å². The van der Waals surface area contributed by atoms with Crippen molar-refractivity contribution in [3.8, 4) is 5.69 Å². The smallest absolute Gasteiger partial charge is 0.276 e. The molecule has 1 aliphatic heterocycles. The normalized spacial score (nSPS) is 13.7. The van der Waals surface area contributed by atoms with Crippen LogP contribution in [0.3, 0.4) is 0 Å². The molecule has 122 valence electrons. The molecule has 0 amide bonds. The highest BCUT2D eigenvalue weighted by atomic mass is 32.1. The van der Waals surface area contributed by atoms with Crippen LogP contribution < -0.4 is 15.4 Å². The van der Waals surface area contributed by atoms with Gasteiger partial charge in [0, 0.05) is 38.5 Å². The molecule has 0 spiro atoms. The molecule has 0 saturated carbocycles. The van der Waals surface area contributed by atoms with Gasteiger partial charge in [0.05, 0.1) is 22.6 Å². The molecule has 3 aromatic rings. The van der Waals surface area contributed by atoms with Crippen molar-refractivity contribution in [2.24, 2.45) is 4.99 Å². The van der Waals surface area contributed by atoms with Crippen molar-refractivity contribution < 1.29 is 0 Å². The second-order valence-electron chi connectivity index (χ2n) is 6.01. The van der Waals surface area contributed by atoms with Crippen LogP contribution in [0.15, 0.2) is 34.4 Å². The van der Waals surface area contributed by atoms with E-state index in [1.165, 1.54) is 17.0 Å². The number of thiophene rings is 1. The van der Waals surface area contributed by atoms with Gasteiger partial charge in [0.1, 0.15) is 15.7 Å². The van der Waals surface area contributed by atoms with Crippen molar-refractivity contribution in [1.29, 1.82) is 0 Å². The molecule has 24 heavy (non-hydrogen) atoms. The molecule has 0 saturated heterocycles. The molecule has 1 aliphatic rings. The van der Waals surface area contributed by atoms with E-state index in [2.05, 4.69) is 19.9 Å². The third kappa shape index (κ3) is 2.24. The van der Waals surface area contributed by atoms with E-state index in [9.17, 15) is 4.79 Å². The fourth-order valence-electron chi connectivity index (χ4n) is 2.95. The third-order valence-electron chi connectivity index (χ3n) is 4.19. The summed E-state index contributed by atoms with van der Waals surface area (Å²) in [6.07, 6.45) is 4.16. The molecule has 4 rings (SSSR count). The van der Waals surface area contributed by atoms with E-state index in [0.29, 0.717) is 4.70 Å². The Labute approximate surface area is 142 Å². The average molecular weight is 339 g/mol. The van der Waals surface area contributed by atoms with Crippen LogP contribution in [0, 0.1) is 6.92 Å². The zero-order valence-corrected chi connectivity index (χ0v) is 14.6. The first-order chi connectivity index (χ1) is 11.6. The SMILES string of the molecule is Cc1ccc(-n2cnc3c4c(sc3c2=O)=NCCC=4N(C)C)cn1. The summed E-state index contributed by atoms with van der Waals surface area (Å²) < 4.78 is 3.10. The van der Waals surface area contributed by atoms with Crippen molar-refractivity contribution in [3.05, 3.63) is 50.6 Å². The number of hydrogen-bond acceptors (Lipinski definition) is 6. The molecule has 0 unspecified atom stereocenters. The van der Waals surface area contributed by atoms with Crippen molar-refractivity contribution in [3.63, 3.8) is 0 Å². The Morgan fingerprint density at radius 3 is 2.79 bits per heavy atom. The Balaban J connectivity index is 2.05. The van der Waals surface area contributed by atoms with Gasteiger partial charge < -0.3 is 4.90 Å². The summed E-state index contributed by atoms with van der Waals surface area (Å²) in [5, 5.41) is 1.01. The molecular formula is C17H17N5OS. The van der Waals surface area contributed by atoms with Crippen LogP contribution in [-0.4, -0.2) is 40.1 Å². The first-order valence-electron chi connectivity index (χ1n) is 7.74. The molecule has 6 nitrogen and oxygen atoms in total. The maximum Gasteiger partial charge on any atom is 0.276 e. The molecule has 0 aromatic carbocycles. The number of fused-ring (bicyclic) bond motifs is 3. The Hall–Kier alpha value is -2.54. The zero-order valence-electron chi connectivity index (χ0n) is 13.8. The minimum Gasteiger partial charge on any atom is -0.380 e. The van der Waals surface area contributed by atoms with Crippen LogP contribution in [0.1, 0.15) is 12.1 Å². The van der Waals surface area contributed by atoms with Crippen molar-refractivity contribution >= 4 is 27.3 Å². The predicted octanol–water partition coefficient (Wildman–Crippen LogP) is 0.844. The average Bonchev–Trinajstić information content (AvgIpc) is 2.96. The van der Waals surface area contributed by atoms with Gasteiger partial charge in [-0.25, -0.2) is 4.98 Å². The Morgan fingerprint density at radius 1 is 1.25 bits per heavy atom. The van der Waals surface area contributed by atoms with Crippen LogP contribution in [0.2, 0.25) is 0 Å². The van der Waals surface area contributed by atoms with E-state index in [1.807, 2.05) is 33.2 Å². The Kier molecular flexibility index (Phi) is 3.45. The topological polar surface area (TPSA) is 63.4 Å². The van der Waals surface area contributed by atoms with Gasteiger partial charge in [-0.1, -0.05) is 0 Å². The summed E-state index contributed by atoms with van der Waals surface area (Å²) in [6, 6.07) is 3.77. The summed E-state index contributed by atoms with van der Waals surface area (Å²) in [4.78, 5) is 28.5. The Bertz CT molecular complexity index is 1110. The molecule has 0 N–H and O–H groups in total. The number of hydrogen-bond donors (Lipinski definition) is 0. The second-order valence-corrected chi connectivity index (χ2v) is 7.01. The lowest BCUT2D eigenvalue weighted by molar-refractivity contribution is 0.558. The van der Waals surface area contributed by atoms with E-state index in [1.54, 1.807) is 17.1 Å². The highest BCUT2D eigenvalue weighted by Crippen LogP contribution is 2.14. The maximum absolute atomic E-state index is 12.9. The van der Waals surface area contributed by atoms with Gasteiger partial charge in [-0.2, -0.15) is 0 Å². The van der Waals surface area contributed by atoms with Crippen LogP contribution in [-0.2, 0) is 0 Å². The standard InChI is InChI=1S/C17H17N5OS/c1-10-4-5-11(8-19-10)22-9-20-14-13-12(21(2)3)6-7-18-16(13)24-15(14)17(22)23/h4-5,8-9H,6-7H2,1-3H3. The predicted molar refractivity (Wildman–Crippen MR) is 95.1 cm³/mol. The molecule has 0 atom stereocenters. The molecule has 0 bridgehead atoms. The number of aryl methyl sites for hydroxylation is 1. The van der Waals surface area contributed by atoms with E-state index in [4.69, 9.17) is 0 Å². The minimum absolute atomic E-state index is 0.0710. The minimum atomic E-state index is -0.0710. The fourth-order valence-corrected chi connectivity index (χ4v) is 4.05. The van der Waals surface area contributed by atoms with Crippen LogP contribution in [0.25, 0.3) is 21.6 Å². The van der Waals surface area contributed by atoms with Crippen molar-refractivity contribution in [2.75, 3.05) is 20.6 Å². The first kappa shape index (κ1) is 15.0. The van der Waals surface area contributed by atoms with Crippen LogP contribution in [0.4, 0.5) is 0 Å². The summed E-state index contributed by atoms with van der Waals surface area (Å²) >= 11 is 1.43. The van der Waals surface area contributed by atoms with E-state index >= 15 is 0 Å². The molecule has 3 aromatic heterocycles. The van der Waals surface area contributed by atoms with Gasteiger partial charge in [0.2, 0.25) is 0 Å². The number of aromatic nitrogens is 3. The zero-order chi connectivity index (χ0) is 16.8. The molecule has 0 radical (unpaired) electrons. The van der Waals surface area contributed by atoms with Gasteiger partial charge in [0.25, 0.3) is 5.56 Å². The highest BCUT2D eigenvalue weighted by Gasteiger charge is 2.17. The Morgan fingerprint density at radius 2 is 2.08 bits per heavy atom. The monoisotopic (exact) mass is 339 g/mol. The lowest BCUT2D eigenvalue weighted by atomic mass is 10.2. The fraction of sp³-hybridized carbons (Fsp3) is 0.294. The quantitative estimate of drug-likeness (QED) is 0.694. The van der Waals surface area contributed by atoms with Crippen LogP contribution >= 0.6 is 11.3 Å². The molecule has 7 heteroatoms. The van der Waals surface area contributed by atoms with Gasteiger partial charge in [-0.15, -0.1) is 11.3 Å². The third-order valence-corrected chi connectivity index (χ3v) is 5.28. The number of rotatable bonds is 2. The first-order valence-corrected chi connectivity index (χ1v) is 8.56. The molecule has 0 aliphatic carbocycles. The highest BCUT2D eigenvalue weighted by molar-refractivity contribution is 7.16. The van der Waals surface area contributed by atoms with Crippen molar-refractivity contribution in [2.45, 2.75) is 13.3 Å². The molecular weight excluding hydrogens is 322 g/mol. The maximum atomic E-state index is 12.9. The lowest BCUT2D eigenvalue weighted by Gasteiger charge is -2.17. The second kappa shape index (κ2) is 5.52. The summed E-state index contributed by atoms with van der Waals surface area (Å²) in [6.45, 7) is 2.67. The molecule has 4 heterocycles. The van der Waals surface area contributed by atoms with Gasteiger partial charge in [-0.05, 0) is 19.1 Å². The largest absolute Gasteiger partial charge is 0.380 e. The van der Waals surface area contributed by atoms with Gasteiger partial charge in [-0.3, -0.25) is 19.3 Å². The number of pyridine rings is 1. The summed E-state index contributed by atoms with van der Waals surface area (Å²) in [5.74, 6) is 0. The van der Waals surface area contributed by atoms with Gasteiger partial charge >= 0.3 is 0 Å².